The van der Waals surface area contributed by atoms with Gasteiger partial charge >= 0.3 is 0 Å². The van der Waals surface area contributed by atoms with Gasteiger partial charge in [-0.1, -0.05) is 18.5 Å². The first-order valence-corrected chi connectivity index (χ1v) is 6.99. The Bertz CT molecular complexity index is 454. The summed E-state index contributed by atoms with van der Waals surface area (Å²) in [6.07, 6.45) is 1.07. The molecule has 1 atom stereocenters. The molecule has 1 rings (SSSR count). The molecule has 112 valence electrons. The molecule has 0 saturated carbocycles. The zero-order chi connectivity index (χ0) is 15.1. The highest BCUT2D eigenvalue weighted by Crippen LogP contribution is 2.15. The molecule has 0 radical (unpaired) electrons. The average molecular weight is 300 g/mol. The molecule has 20 heavy (non-hydrogen) atoms. The lowest BCUT2D eigenvalue weighted by Gasteiger charge is -2.23. The van der Waals surface area contributed by atoms with Crippen molar-refractivity contribution in [2.45, 2.75) is 26.3 Å². The molecule has 0 saturated heterocycles. The van der Waals surface area contributed by atoms with Gasteiger partial charge in [-0.2, -0.15) is 0 Å². The number of halogens is 1. The number of aromatic nitrogens is 1. The highest BCUT2D eigenvalue weighted by Gasteiger charge is 2.13. The number of carbonyl (C=O) groups is 1. The molecule has 0 bridgehead atoms. The highest BCUT2D eigenvalue weighted by molar-refractivity contribution is 6.33. The van der Waals surface area contributed by atoms with Crippen LogP contribution in [0.15, 0.2) is 12.1 Å². The lowest BCUT2D eigenvalue weighted by atomic mass is 10.2. The number of carbonyl (C=O) groups excluding carboxylic acids is 1. The van der Waals surface area contributed by atoms with E-state index >= 15 is 0 Å². The first kappa shape index (κ1) is 16.7. The van der Waals surface area contributed by atoms with E-state index in [1.807, 2.05) is 7.05 Å². The van der Waals surface area contributed by atoms with E-state index in [0.717, 1.165) is 13.0 Å². The van der Waals surface area contributed by atoms with E-state index in [9.17, 15) is 4.79 Å². The second-order valence-electron chi connectivity index (χ2n) is 4.67. The SMILES string of the molecule is CCC(C)N(C)CCNC(=O)c1nc(NN)ccc1Cl. The van der Waals surface area contributed by atoms with Crippen molar-refractivity contribution in [3.05, 3.63) is 22.8 Å². The summed E-state index contributed by atoms with van der Waals surface area (Å²) in [6, 6.07) is 3.68. The Kier molecular flexibility index (Phi) is 6.70. The first-order chi connectivity index (χ1) is 9.49. The molecule has 4 N–H and O–H groups in total. The van der Waals surface area contributed by atoms with Gasteiger partial charge in [0.15, 0.2) is 0 Å². The van der Waals surface area contributed by atoms with E-state index in [1.165, 1.54) is 0 Å². The molecule has 1 unspecified atom stereocenters. The number of amides is 1. The summed E-state index contributed by atoms with van der Waals surface area (Å²) in [4.78, 5) is 18.2. The number of nitrogen functional groups attached to an aromatic ring is 1. The zero-order valence-electron chi connectivity index (χ0n) is 12.1. The van der Waals surface area contributed by atoms with Gasteiger partial charge in [-0.15, -0.1) is 0 Å². The summed E-state index contributed by atoms with van der Waals surface area (Å²) in [6.45, 7) is 5.59. The predicted molar refractivity (Wildman–Crippen MR) is 81.8 cm³/mol. The van der Waals surface area contributed by atoms with E-state index < -0.39 is 0 Å². The maximum Gasteiger partial charge on any atom is 0.271 e. The minimum atomic E-state index is -0.301. The van der Waals surface area contributed by atoms with Crippen LogP contribution < -0.4 is 16.6 Å². The Morgan fingerprint density at radius 3 is 2.85 bits per heavy atom. The fourth-order valence-electron chi connectivity index (χ4n) is 1.64. The third-order valence-corrected chi connectivity index (χ3v) is 3.61. The van der Waals surface area contributed by atoms with Crippen LogP contribution in [0.5, 0.6) is 0 Å². The number of likely N-dealkylation sites (N-methyl/N-ethyl adjacent to an activating group) is 1. The number of nitrogens with zero attached hydrogens (tertiary/aromatic N) is 2. The van der Waals surface area contributed by atoms with Crippen LogP contribution in [0, 0.1) is 0 Å². The monoisotopic (exact) mass is 299 g/mol. The van der Waals surface area contributed by atoms with E-state index in [1.54, 1.807) is 12.1 Å². The fraction of sp³-hybridized carbons (Fsp3) is 0.538. The van der Waals surface area contributed by atoms with Crippen LogP contribution in [0.4, 0.5) is 5.82 Å². The quantitative estimate of drug-likeness (QED) is 0.525. The number of hydrazine groups is 1. The summed E-state index contributed by atoms with van der Waals surface area (Å²) < 4.78 is 0. The first-order valence-electron chi connectivity index (χ1n) is 6.61. The Labute approximate surface area is 124 Å². The van der Waals surface area contributed by atoms with Crippen LogP contribution >= 0.6 is 11.6 Å². The van der Waals surface area contributed by atoms with Gasteiger partial charge < -0.3 is 15.6 Å². The van der Waals surface area contributed by atoms with Crippen molar-refractivity contribution in [2.75, 3.05) is 25.6 Å². The average Bonchev–Trinajstić information content (AvgIpc) is 2.46. The second-order valence-corrected chi connectivity index (χ2v) is 5.07. The Hall–Kier alpha value is -1.37. The molecule has 0 aliphatic heterocycles. The van der Waals surface area contributed by atoms with Gasteiger partial charge in [-0.25, -0.2) is 10.8 Å². The van der Waals surface area contributed by atoms with Gasteiger partial charge in [0, 0.05) is 19.1 Å². The number of hydrogen-bond acceptors (Lipinski definition) is 5. The largest absolute Gasteiger partial charge is 0.349 e. The highest BCUT2D eigenvalue weighted by atomic mass is 35.5. The fourth-order valence-corrected chi connectivity index (χ4v) is 1.83. The summed E-state index contributed by atoms with van der Waals surface area (Å²) in [5.74, 6) is 5.36. The number of hydrogen-bond donors (Lipinski definition) is 3. The van der Waals surface area contributed by atoms with Gasteiger partial charge in [-0.05, 0) is 32.5 Å². The summed E-state index contributed by atoms with van der Waals surface area (Å²) in [5.41, 5.74) is 2.56. The lowest BCUT2D eigenvalue weighted by Crippen LogP contribution is -2.37. The lowest BCUT2D eigenvalue weighted by molar-refractivity contribution is 0.0942. The van der Waals surface area contributed by atoms with Gasteiger partial charge in [0.1, 0.15) is 11.5 Å². The topological polar surface area (TPSA) is 83.3 Å². The van der Waals surface area contributed by atoms with E-state index in [2.05, 4.69) is 34.5 Å². The van der Waals surface area contributed by atoms with E-state index in [-0.39, 0.29) is 11.6 Å². The Morgan fingerprint density at radius 1 is 1.55 bits per heavy atom. The Morgan fingerprint density at radius 2 is 2.25 bits per heavy atom. The van der Waals surface area contributed by atoms with Crippen LogP contribution in [0.25, 0.3) is 0 Å². The van der Waals surface area contributed by atoms with Crippen LogP contribution in [-0.2, 0) is 0 Å². The minimum absolute atomic E-state index is 0.174. The zero-order valence-corrected chi connectivity index (χ0v) is 12.9. The van der Waals surface area contributed by atoms with E-state index in [0.29, 0.717) is 23.4 Å². The number of anilines is 1. The van der Waals surface area contributed by atoms with Crippen molar-refractivity contribution in [1.82, 2.24) is 15.2 Å². The van der Waals surface area contributed by atoms with Crippen molar-refractivity contribution in [3.8, 4) is 0 Å². The van der Waals surface area contributed by atoms with Crippen LogP contribution in [-0.4, -0.2) is 42.0 Å². The number of nitrogens with one attached hydrogen (secondary N) is 2. The van der Waals surface area contributed by atoms with Crippen LogP contribution in [0.1, 0.15) is 30.8 Å². The summed E-state index contributed by atoms with van der Waals surface area (Å²) >= 11 is 5.96. The molecule has 0 aromatic carbocycles. The normalized spacial score (nSPS) is 12.3. The molecule has 0 fully saturated rings. The van der Waals surface area contributed by atoms with Crippen LogP contribution in [0.2, 0.25) is 5.02 Å². The van der Waals surface area contributed by atoms with Crippen LogP contribution in [0.3, 0.4) is 0 Å². The van der Waals surface area contributed by atoms with E-state index in [4.69, 9.17) is 17.4 Å². The maximum absolute atomic E-state index is 12.0. The van der Waals surface area contributed by atoms with Crippen molar-refractivity contribution >= 4 is 23.3 Å². The number of pyridine rings is 1. The molecular weight excluding hydrogens is 278 g/mol. The maximum atomic E-state index is 12.0. The summed E-state index contributed by atoms with van der Waals surface area (Å²) in [5, 5.41) is 3.11. The molecule has 1 aromatic rings. The third kappa shape index (κ3) is 4.63. The van der Waals surface area contributed by atoms with Gasteiger partial charge in [0.2, 0.25) is 0 Å². The molecule has 7 heteroatoms. The standard InChI is InChI=1S/C13H22ClN5O/c1-4-9(2)19(3)8-7-16-13(20)12-10(14)5-6-11(17-12)18-15/h5-6,9H,4,7-8,15H2,1-3H3,(H,16,20)(H,17,18). The van der Waals surface area contributed by atoms with Crippen molar-refractivity contribution < 1.29 is 4.79 Å². The minimum Gasteiger partial charge on any atom is -0.349 e. The molecule has 1 heterocycles. The number of nitrogens with two attached hydrogens (primary N) is 1. The van der Waals surface area contributed by atoms with Crippen molar-refractivity contribution in [1.29, 1.82) is 0 Å². The number of rotatable bonds is 7. The molecular formula is C13H22ClN5O. The smallest absolute Gasteiger partial charge is 0.271 e. The molecule has 1 amide bonds. The molecule has 0 aliphatic rings. The predicted octanol–water partition coefficient (Wildman–Crippen LogP) is 1.48. The summed E-state index contributed by atoms with van der Waals surface area (Å²) in [7, 11) is 2.03. The van der Waals surface area contributed by atoms with Gasteiger partial charge in [0.25, 0.3) is 5.91 Å². The Balaban J connectivity index is 2.55. The molecule has 0 aliphatic carbocycles. The van der Waals surface area contributed by atoms with Gasteiger partial charge in [-0.3, -0.25) is 4.79 Å². The third-order valence-electron chi connectivity index (χ3n) is 3.30. The second kappa shape index (κ2) is 8.04. The molecule has 1 aromatic heterocycles. The van der Waals surface area contributed by atoms with Gasteiger partial charge in [0.05, 0.1) is 5.02 Å². The molecule has 6 nitrogen and oxygen atoms in total. The van der Waals surface area contributed by atoms with Crippen molar-refractivity contribution in [3.63, 3.8) is 0 Å². The van der Waals surface area contributed by atoms with Crippen molar-refractivity contribution in [2.24, 2.45) is 5.84 Å². The molecule has 0 spiro atoms.